The molecule has 0 spiro atoms. The summed E-state index contributed by atoms with van der Waals surface area (Å²) in [5.41, 5.74) is 4.20. The van der Waals surface area contributed by atoms with Crippen LogP contribution in [0.4, 0.5) is 0 Å². The van der Waals surface area contributed by atoms with E-state index in [4.69, 9.17) is 16.6 Å². The highest BCUT2D eigenvalue weighted by Gasteiger charge is 2.45. The van der Waals surface area contributed by atoms with Gasteiger partial charge in [-0.15, -0.1) is 0 Å². The Balaban J connectivity index is 1.17. The summed E-state index contributed by atoms with van der Waals surface area (Å²) in [6, 6.07) is 26.9. The molecule has 0 unspecified atom stereocenters. The number of carbonyl (C=O) groups is 1. The van der Waals surface area contributed by atoms with Gasteiger partial charge < -0.3 is 9.47 Å². The van der Waals surface area contributed by atoms with E-state index in [9.17, 15) is 4.79 Å². The quantitative estimate of drug-likeness (QED) is 0.323. The number of fused-ring (bicyclic) bond motifs is 1. The van der Waals surface area contributed by atoms with Gasteiger partial charge in [0.25, 0.3) is 0 Å². The molecule has 0 radical (unpaired) electrons. The van der Waals surface area contributed by atoms with Gasteiger partial charge in [0.1, 0.15) is 5.82 Å². The molecule has 0 atom stereocenters. The van der Waals surface area contributed by atoms with Crippen molar-refractivity contribution >= 4 is 28.5 Å². The Morgan fingerprint density at radius 2 is 1.49 bits per heavy atom. The van der Waals surface area contributed by atoms with Crippen LogP contribution < -0.4 is 0 Å². The fourth-order valence-electron chi connectivity index (χ4n) is 6.17. The maximum atomic E-state index is 13.9. The third-order valence-corrected chi connectivity index (χ3v) is 8.46. The molecular weight excluding hydrogens is 480 g/mol. The molecule has 6 heteroatoms. The Labute approximate surface area is 223 Å². The van der Waals surface area contributed by atoms with Gasteiger partial charge in [-0.05, 0) is 48.2 Å². The molecule has 0 bridgehead atoms. The van der Waals surface area contributed by atoms with Gasteiger partial charge in [-0.25, -0.2) is 4.98 Å². The lowest BCUT2D eigenvalue weighted by atomic mass is 9.77. The summed E-state index contributed by atoms with van der Waals surface area (Å²) in [5, 5.41) is 0.719. The second kappa shape index (κ2) is 10.3. The average Bonchev–Trinajstić information content (AvgIpc) is 3.56. The van der Waals surface area contributed by atoms with Crippen LogP contribution in [0, 0.1) is 0 Å². The number of aromatic nitrogens is 2. The van der Waals surface area contributed by atoms with Crippen molar-refractivity contribution in [2.24, 2.45) is 0 Å². The van der Waals surface area contributed by atoms with Crippen molar-refractivity contribution in [2.75, 3.05) is 26.2 Å². The lowest BCUT2D eigenvalue weighted by molar-refractivity contribution is -0.139. The largest absolute Gasteiger partial charge is 0.339 e. The fraction of sp³-hybridized carbons (Fsp3) is 0.355. The number of carbonyl (C=O) groups excluding carboxylic acids is 1. The number of para-hydroxylation sites is 2. The van der Waals surface area contributed by atoms with Gasteiger partial charge in [-0.2, -0.15) is 0 Å². The number of imidazole rings is 1. The molecule has 2 fully saturated rings. The Bertz CT molecular complexity index is 1370. The lowest BCUT2D eigenvalue weighted by Gasteiger charge is -2.40. The molecule has 1 aliphatic carbocycles. The Morgan fingerprint density at radius 3 is 2.22 bits per heavy atom. The zero-order valence-corrected chi connectivity index (χ0v) is 21.9. The molecule has 1 saturated carbocycles. The maximum absolute atomic E-state index is 13.9. The lowest BCUT2D eigenvalue weighted by Crippen LogP contribution is -2.53. The van der Waals surface area contributed by atoms with Crippen LogP contribution in [0.5, 0.6) is 0 Å². The van der Waals surface area contributed by atoms with E-state index in [0.29, 0.717) is 5.91 Å². The zero-order chi connectivity index (χ0) is 25.2. The Kier molecular flexibility index (Phi) is 6.74. The van der Waals surface area contributed by atoms with Crippen LogP contribution in [-0.2, 0) is 23.3 Å². The number of rotatable bonds is 6. The van der Waals surface area contributed by atoms with Crippen molar-refractivity contribution in [3.8, 4) is 0 Å². The molecule has 1 saturated heterocycles. The third-order valence-electron chi connectivity index (χ3n) is 8.20. The molecule has 2 heterocycles. The molecule has 4 aromatic rings. The van der Waals surface area contributed by atoms with Gasteiger partial charge >= 0.3 is 0 Å². The first kappa shape index (κ1) is 24.2. The van der Waals surface area contributed by atoms with Gasteiger partial charge in [0, 0.05) is 37.7 Å². The molecule has 0 N–H and O–H groups in total. The van der Waals surface area contributed by atoms with Gasteiger partial charge in [-0.3, -0.25) is 9.69 Å². The number of hydrogen-bond acceptors (Lipinski definition) is 3. The standard InChI is InChI=1S/C31H33ClN4O/c32-26-14-12-25(13-15-26)31(16-6-7-17-31)30(37)35-20-18-34(19-21-35)23-29-33-27-10-4-5-11-28(27)36(29)22-24-8-2-1-3-9-24/h1-5,8-15H,6-7,16-23H2. The van der Waals surface area contributed by atoms with Crippen LogP contribution in [0.3, 0.4) is 0 Å². The summed E-state index contributed by atoms with van der Waals surface area (Å²) >= 11 is 6.15. The second-order valence-electron chi connectivity index (χ2n) is 10.5. The minimum atomic E-state index is -0.392. The highest BCUT2D eigenvalue weighted by molar-refractivity contribution is 6.30. The number of amides is 1. The van der Waals surface area contributed by atoms with Crippen LogP contribution in [0.25, 0.3) is 11.0 Å². The van der Waals surface area contributed by atoms with Crippen LogP contribution in [-0.4, -0.2) is 51.4 Å². The zero-order valence-electron chi connectivity index (χ0n) is 21.2. The van der Waals surface area contributed by atoms with E-state index >= 15 is 0 Å². The van der Waals surface area contributed by atoms with Gasteiger partial charge in [-0.1, -0.05) is 79.0 Å². The molecule has 3 aromatic carbocycles. The van der Waals surface area contributed by atoms with Crippen molar-refractivity contribution in [3.05, 3.63) is 101 Å². The highest BCUT2D eigenvalue weighted by atomic mass is 35.5. The molecule has 1 amide bonds. The van der Waals surface area contributed by atoms with Crippen LogP contribution in [0.2, 0.25) is 5.02 Å². The minimum Gasteiger partial charge on any atom is -0.339 e. The van der Waals surface area contributed by atoms with E-state index in [1.807, 2.05) is 12.1 Å². The number of benzene rings is 3. The van der Waals surface area contributed by atoms with Crippen molar-refractivity contribution in [3.63, 3.8) is 0 Å². The molecular formula is C31H33ClN4O. The highest BCUT2D eigenvalue weighted by Crippen LogP contribution is 2.43. The normalized spacial score (nSPS) is 17.9. The molecule has 1 aliphatic heterocycles. The van der Waals surface area contributed by atoms with Gasteiger partial charge in [0.2, 0.25) is 5.91 Å². The molecule has 6 rings (SSSR count). The van der Waals surface area contributed by atoms with Crippen molar-refractivity contribution in [2.45, 2.75) is 44.2 Å². The third kappa shape index (κ3) is 4.78. The number of hydrogen-bond donors (Lipinski definition) is 0. The van der Waals surface area contributed by atoms with Crippen molar-refractivity contribution in [1.82, 2.24) is 19.4 Å². The summed E-state index contributed by atoms with van der Waals surface area (Å²) in [6.45, 7) is 4.82. The summed E-state index contributed by atoms with van der Waals surface area (Å²) in [5.74, 6) is 1.38. The number of piperazine rings is 1. The first-order chi connectivity index (χ1) is 18.1. The number of halogens is 1. The second-order valence-corrected chi connectivity index (χ2v) is 10.9. The minimum absolute atomic E-state index is 0.295. The Hall–Kier alpha value is -3.15. The van der Waals surface area contributed by atoms with E-state index in [1.165, 1.54) is 11.1 Å². The van der Waals surface area contributed by atoms with Gasteiger partial charge in [0.15, 0.2) is 0 Å². The first-order valence-electron chi connectivity index (χ1n) is 13.4. The summed E-state index contributed by atoms with van der Waals surface area (Å²) in [4.78, 5) is 23.5. The van der Waals surface area contributed by atoms with Crippen LogP contribution in [0.1, 0.15) is 42.6 Å². The Morgan fingerprint density at radius 1 is 0.811 bits per heavy atom. The summed E-state index contributed by atoms with van der Waals surface area (Å²) < 4.78 is 2.34. The van der Waals surface area contributed by atoms with Crippen molar-refractivity contribution in [1.29, 1.82) is 0 Å². The van der Waals surface area contributed by atoms with Crippen LogP contribution in [0.15, 0.2) is 78.9 Å². The first-order valence-corrected chi connectivity index (χ1v) is 13.8. The van der Waals surface area contributed by atoms with E-state index in [-0.39, 0.29) is 0 Å². The molecule has 190 valence electrons. The number of nitrogens with zero attached hydrogens (tertiary/aromatic N) is 4. The van der Waals surface area contributed by atoms with Crippen LogP contribution >= 0.6 is 11.6 Å². The van der Waals surface area contributed by atoms with Gasteiger partial charge in [0.05, 0.1) is 23.0 Å². The monoisotopic (exact) mass is 512 g/mol. The molecule has 37 heavy (non-hydrogen) atoms. The maximum Gasteiger partial charge on any atom is 0.233 e. The molecule has 1 aromatic heterocycles. The SMILES string of the molecule is O=C(N1CCN(Cc2nc3ccccc3n2Cc2ccccc2)CC1)C1(c2ccc(Cl)cc2)CCCC1. The van der Waals surface area contributed by atoms with E-state index < -0.39 is 5.41 Å². The summed E-state index contributed by atoms with van der Waals surface area (Å²) in [7, 11) is 0. The average molecular weight is 513 g/mol. The predicted molar refractivity (Wildman–Crippen MR) is 149 cm³/mol. The van der Waals surface area contributed by atoms with E-state index in [1.54, 1.807) is 0 Å². The predicted octanol–water partition coefficient (Wildman–Crippen LogP) is 5.89. The smallest absolute Gasteiger partial charge is 0.233 e. The molecule has 5 nitrogen and oxygen atoms in total. The van der Waals surface area contributed by atoms with Crippen molar-refractivity contribution < 1.29 is 4.79 Å². The summed E-state index contributed by atoms with van der Waals surface area (Å²) in [6.07, 6.45) is 4.06. The topological polar surface area (TPSA) is 41.4 Å². The molecule has 2 aliphatic rings. The van der Waals surface area contributed by atoms with E-state index in [0.717, 1.165) is 86.9 Å². The fourth-order valence-corrected chi connectivity index (χ4v) is 6.30. The van der Waals surface area contributed by atoms with E-state index in [2.05, 4.69) is 81.1 Å².